The Balaban J connectivity index is 2.31. The molecular formula is C7H16N2O. The van der Waals surface area contributed by atoms with Gasteiger partial charge in [-0.2, -0.15) is 0 Å². The van der Waals surface area contributed by atoms with Gasteiger partial charge in [-0.25, -0.2) is 0 Å². The third kappa shape index (κ3) is 1.68. The molecule has 1 aliphatic rings. The van der Waals surface area contributed by atoms with Crippen molar-refractivity contribution in [1.82, 2.24) is 4.90 Å². The maximum absolute atomic E-state index is 8.66. The Morgan fingerprint density at radius 2 is 2.30 bits per heavy atom. The number of likely N-dealkylation sites (N-methyl/N-ethyl adjacent to an activating group) is 1. The molecule has 1 rings (SSSR count). The Labute approximate surface area is 61.8 Å². The predicted molar refractivity (Wildman–Crippen MR) is 40.7 cm³/mol. The lowest BCUT2D eigenvalue weighted by Crippen LogP contribution is -2.29. The van der Waals surface area contributed by atoms with Crippen LogP contribution in [0.25, 0.3) is 0 Å². The molecule has 0 radical (unpaired) electrons. The van der Waals surface area contributed by atoms with Crippen LogP contribution < -0.4 is 5.73 Å². The van der Waals surface area contributed by atoms with E-state index in [0.29, 0.717) is 5.92 Å². The molecule has 1 saturated heterocycles. The minimum absolute atomic E-state index is 0.270. The first-order chi connectivity index (χ1) is 4.74. The van der Waals surface area contributed by atoms with Gasteiger partial charge in [-0.1, -0.05) is 0 Å². The fourth-order valence-corrected chi connectivity index (χ4v) is 1.59. The first-order valence-corrected chi connectivity index (χ1v) is 3.79. The van der Waals surface area contributed by atoms with Crippen LogP contribution in [0.2, 0.25) is 0 Å². The molecular weight excluding hydrogens is 128 g/mol. The lowest BCUT2D eigenvalue weighted by molar-refractivity contribution is 0.252. The number of rotatable bonds is 2. The van der Waals surface area contributed by atoms with Crippen LogP contribution in [0.4, 0.5) is 0 Å². The molecule has 0 aromatic carbocycles. The summed E-state index contributed by atoms with van der Waals surface area (Å²) in [5.41, 5.74) is 5.80. The summed E-state index contributed by atoms with van der Waals surface area (Å²) in [5.74, 6) is 0.509. The van der Waals surface area contributed by atoms with Crippen molar-refractivity contribution >= 4 is 0 Å². The topological polar surface area (TPSA) is 49.5 Å². The summed E-state index contributed by atoms with van der Waals surface area (Å²) >= 11 is 0. The molecule has 0 amide bonds. The summed E-state index contributed by atoms with van der Waals surface area (Å²) in [5, 5.41) is 8.66. The van der Waals surface area contributed by atoms with Gasteiger partial charge in [0.2, 0.25) is 0 Å². The molecule has 2 atom stereocenters. The summed E-state index contributed by atoms with van der Waals surface area (Å²) in [6.45, 7) is 2.29. The van der Waals surface area contributed by atoms with Crippen molar-refractivity contribution < 1.29 is 5.11 Å². The Morgan fingerprint density at radius 1 is 1.60 bits per heavy atom. The Morgan fingerprint density at radius 3 is 2.70 bits per heavy atom. The second-order valence-electron chi connectivity index (χ2n) is 3.16. The molecule has 0 bridgehead atoms. The largest absolute Gasteiger partial charge is 0.396 e. The highest BCUT2D eigenvalue weighted by atomic mass is 16.3. The zero-order valence-electron chi connectivity index (χ0n) is 6.45. The van der Waals surface area contributed by atoms with Gasteiger partial charge in [0, 0.05) is 25.7 Å². The van der Waals surface area contributed by atoms with Crippen LogP contribution in [0, 0.1) is 5.92 Å². The van der Waals surface area contributed by atoms with E-state index in [0.717, 1.165) is 19.5 Å². The number of likely N-dealkylation sites (tertiary alicyclic amines) is 1. The molecule has 2 unspecified atom stereocenters. The molecule has 10 heavy (non-hydrogen) atoms. The van der Waals surface area contributed by atoms with E-state index in [-0.39, 0.29) is 12.6 Å². The second kappa shape index (κ2) is 3.32. The van der Waals surface area contributed by atoms with Gasteiger partial charge in [-0.15, -0.1) is 0 Å². The van der Waals surface area contributed by atoms with Crippen LogP contribution >= 0.6 is 0 Å². The lowest BCUT2D eigenvalue weighted by atomic mass is 10.0. The van der Waals surface area contributed by atoms with E-state index >= 15 is 0 Å². The lowest BCUT2D eigenvalue weighted by Gasteiger charge is -2.10. The van der Waals surface area contributed by atoms with Crippen LogP contribution in [0.15, 0.2) is 0 Å². The minimum Gasteiger partial charge on any atom is -0.396 e. The molecule has 3 nitrogen and oxygen atoms in total. The van der Waals surface area contributed by atoms with Crippen LogP contribution in [-0.4, -0.2) is 42.8 Å². The second-order valence-corrected chi connectivity index (χ2v) is 3.16. The van der Waals surface area contributed by atoms with E-state index in [1.165, 1.54) is 0 Å². The summed E-state index contributed by atoms with van der Waals surface area (Å²) in [6, 6.07) is 0.275. The van der Waals surface area contributed by atoms with Gasteiger partial charge in [-0.05, 0) is 19.4 Å². The molecule has 1 aliphatic heterocycles. The van der Waals surface area contributed by atoms with Gasteiger partial charge < -0.3 is 15.7 Å². The van der Waals surface area contributed by atoms with Crippen molar-refractivity contribution in [3.8, 4) is 0 Å². The van der Waals surface area contributed by atoms with Crippen molar-refractivity contribution in [2.24, 2.45) is 11.7 Å². The molecule has 1 fully saturated rings. The number of hydrogen-bond donors (Lipinski definition) is 2. The molecule has 0 spiro atoms. The van der Waals surface area contributed by atoms with Gasteiger partial charge in [0.05, 0.1) is 0 Å². The fraction of sp³-hybridized carbons (Fsp3) is 1.00. The van der Waals surface area contributed by atoms with Crippen LogP contribution in [0.5, 0.6) is 0 Å². The van der Waals surface area contributed by atoms with Gasteiger partial charge >= 0.3 is 0 Å². The monoisotopic (exact) mass is 144 g/mol. The third-order valence-electron chi connectivity index (χ3n) is 2.17. The number of aliphatic hydroxyl groups excluding tert-OH is 1. The smallest absolute Gasteiger partial charge is 0.0434 e. The van der Waals surface area contributed by atoms with Gasteiger partial charge in [0.15, 0.2) is 0 Å². The van der Waals surface area contributed by atoms with Crippen molar-refractivity contribution in [3.63, 3.8) is 0 Å². The molecule has 0 aromatic heterocycles. The van der Waals surface area contributed by atoms with Crippen molar-refractivity contribution in [1.29, 1.82) is 0 Å². The summed E-state index contributed by atoms with van der Waals surface area (Å²) < 4.78 is 0. The third-order valence-corrected chi connectivity index (χ3v) is 2.17. The minimum atomic E-state index is 0.270. The first-order valence-electron chi connectivity index (χ1n) is 3.79. The molecule has 3 N–H and O–H groups in total. The molecule has 0 aliphatic carbocycles. The molecule has 60 valence electrons. The number of hydrogen-bond acceptors (Lipinski definition) is 3. The highest BCUT2D eigenvalue weighted by molar-refractivity contribution is 4.84. The van der Waals surface area contributed by atoms with E-state index in [1.807, 2.05) is 0 Å². The zero-order chi connectivity index (χ0) is 7.56. The molecule has 1 heterocycles. The SMILES string of the molecule is CN1CC(N)C(CCO)C1. The van der Waals surface area contributed by atoms with E-state index in [2.05, 4.69) is 11.9 Å². The number of aliphatic hydroxyl groups is 1. The quantitative estimate of drug-likeness (QED) is 0.536. The van der Waals surface area contributed by atoms with E-state index in [1.54, 1.807) is 0 Å². The Bertz CT molecular complexity index is 108. The highest BCUT2D eigenvalue weighted by Gasteiger charge is 2.26. The summed E-state index contributed by atoms with van der Waals surface area (Å²) in [6.07, 6.45) is 0.853. The van der Waals surface area contributed by atoms with Gasteiger partial charge in [0.25, 0.3) is 0 Å². The van der Waals surface area contributed by atoms with Crippen LogP contribution in [-0.2, 0) is 0 Å². The average Bonchev–Trinajstić information content (AvgIpc) is 2.13. The molecule has 0 saturated carbocycles. The Kier molecular flexibility index (Phi) is 2.65. The Hall–Kier alpha value is -0.120. The molecule has 0 aromatic rings. The normalized spacial score (nSPS) is 35.1. The highest BCUT2D eigenvalue weighted by Crippen LogP contribution is 2.16. The maximum atomic E-state index is 8.66. The average molecular weight is 144 g/mol. The van der Waals surface area contributed by atoms with Gasteiger partial charge in [0.1, 0.15) is 0 Å². The predicted octanol–water partition coefficient (Wildman–Crippen LogP) is -0.742. The summed E-state index contributed by atoms with van der Waals surface area (Å²) in [7, 11) is 2.07. The van der Waals surface area contributed by atoms with Gasteiger partial charge in [-0.3, -0.25) is 0 Å². The summed E-state index contributed by atoms with van der Waals surface area (Å²) in [4.78, 5) is 2.21. The van der Waals surface area contributed by atoms with Crippen LogP contribution in [0.1, 0.15) is 6.42 Å². The van der Waals surface area contributed by atoms with E-state index < -0.39 is 0 Å². The van der Waals surface area contributed by atoms with E-state index in [9.17, 15) is 0 Å². The molecule has 3 heteroatoms. The van der Waals surface area contributed by atoms with Crippen LogP contribution in [0.3, 0.4) is 0 Å². The number of nitrogens with two attached hydrogens (primary N) is 1. The van der Waals surface area contributed by atoms with Crippen molar-refractivity contribution in [3.05, 3.63) is 0 Å². The fourth-order valence-electron chi connectivity index (χ4n) is 1.59. The van der Waals surface area contributed by atoms with E-state index in [4.69, 9.17) is 10.8 Å². The first kappa shape index (κ1) is 7.98. The van der Waals surface area contributed by atoms with Crippen molar-refractivity contribution in [2.75, 3.05) is 26.7 Å². The standard InChI is InChI=1S/C7H16N2O/c1-9-4-6(2-3-10)7(8)5-9/h6-7,10H,2-5,8H2,1H3. The zero-order valence-corrected chi connectivity index (χ0v) is 6.45. The van der Waals surface area contributed by atoms with Crippen molar-refractivity contribution in [2.45, 2.75) is 12.5 Å². The maximum Gasteiger partial charge on any atom is 0.0434 e. The number of nitrogens with zero attached hydrogens (tertiary/aromatic N) is 1.